The topological polar surface area (TPSA) is 38.3 Å². The van der Waals surface area contributed by atoms with Crippen molar-refractivity contribution in [1.29, 1.82) is 0 Å². The number of methoxy groups -OCH3 is 1. The van der Waals surface area contributed by atoms with Crippen molar-refractivity contribution in [3.05, 3.63) is 35.1 Å². The SMILES string of the molecule is COCCCCCNC(=O)c1cccc(C(F)(F)F)c1F. The molecular weight excluding hydrogens is 290 g/mol. The summed E-state index contributed by atoms with van der Waals surface area (Å²) in [5.74, 6) is -2.38. The van der Waals surface area contributed by atoms with Crippen molar-refractivity contribution in [2.75, 3.05) is 20.3 Å². The van der Waals surface area contributed by atoms with E-state index < -0.39 is 29.0 Å². The number of benzene rings is 1. The van der Waals surface area contributed by atoms with E-state index in [1.54, 1.807) is 7.11 Å². The molecule has 0 saturated carbocycles. The number of nitrogens with one attached hydrogen (secondary N) is 1. The van der Waals surface area contributed by atoms with Gasteiger partial charge in [-0.3, -0.25) is 4.79 Å². The maximum absolute atomic E-state index is 13.7. The summed E-state index contributed by atoms with van der Waals surface area (Å²) in [5, 5.41) is 2.41. The van der Waals surface area contributed by atoms with Crippen molar-refractivity contribution in [2.24, 2.45) is 0 Å². The fourth-order valence-electron chi connectivity index (χ4n) is 1.77. The highest BCUT2D eigenvalue weighted by Crippen LogP contribution is 2.32. The Morgan fingerprint density at radius 3 is 2.57 bits per heavy atom. The Bertz CT molecular complexity index is 475. The van der Waals surface area contributed by atoms with Crippen LogP contribution in [0.5, 0.6) is 0 Å². The maximum Gasteiger partial charge on any atom is 0.419 e. The van der Waals surface area contributed by atoms with Crippen LogP contribution in [0.15, 0.2) is 18.2 Å². The molecule has 0 unspecified atom stereocenters. The Kier molecular flexibility index (Phi) is 6.61. The van der Waals surface area contributed by atoms with Gasteiger partial charge in [-0.2, -0.15) is 13.2 Å². The molecule has 0 bridgehead atoms. The van der Waals surface area contributed by atoms with Gasteiger partial charge in [0.25, 0.3) is 5.91 Å². The smallest absolute Gasteiger partial charge is 0.385 e. The number of halogens is 4. The molecule has 7 heteroatoms. The van der Waals surface area contributed by atoms with Gasteiger partial charge in [0, 0.05) is 20.3 Å². The van der Waals surface area contributed by atoms with E-state index in [0.29, 0.717) is 19.1 Å². The first kappa shape index (κ1) is 17.4. The van der Waals surface area contributed by atoms with E-state index in [1.807, 2.05) is 0 Å². The summed E-state index contributed by atoms with van der Waals surface area (Å²) in [7, 11) is 1.58. The van der Waals surface area contributed by atoms with Crippen molar-refractivity contribution >= 4 is 5.91 Å². The van der Waals surface area contributed by atoms with Crippen LogP contribution in [0.1, 0.15) is 35.2 Å². The van der Waals surface area contributed by atoms with Crippen LogP contribution < -0.4 is 5.32 Å². The molecule has 1 N–H and O–H groups in total. The number of alkyl halides is 3. The lowest BCUT2D eigenvalue weighted by Gasteiger charge is -2.11. The molecule has 0 radical (unpaired) electrons. The van der Waals surface area contributed by atoms with Gasteiger partial charge in [0.2, 0.25) is 0 Å². The van der Waals surface area contributed by atoms with Gasteiger partial charge in [-0.1, -0.05) is 6.07 Å². The monoisotopic (exact) mass is 307 g/mol. The predicted octanol–water partition coefficient (Wildman–Crippen LogP) is 3.39. The average Bonchev–Trinajstić information content (AvgIpc) is 2.41. The quantitative estimate of drug-likeness (QED) is 0.619. The van der Waals surface area contributed by atoms with Gasteiger partial charge in [-0.25, -0.2) is 4.39 Å². The molecule has 0 atom stereocenters. The van der Waals surface area contributed by atoms with Crippen molar-refractivity contribution in [3.8, 4) is 0 Å². The Morgan fingerprint density at radius 1 is 1.24 bits per heavy atom. The van der Waals surface area contributed by atoms with Crippen LogP contribution in [0.25, 0.3) is 0 Å². The van der Waals surface area contributed by atoms with E-state index >= 15 is 0 Å². The molecule has 1 amide bonds. The third kappa shape index (κ3) is 5.34. The van der Waals surface area contributed by atoms with Crippen molar-refractivity contribution in [2.45, 2.75) is 25.4 Å². The van der Waals surface area contributed by atoms with Crippen molar-refractivity contribution < 1.29 is 27.1 Å². The standard InChI is InChI=1S/C14H17F4NO2/c1-21-9-4-2-3-8-19-13(20)10-6-5-7-11(12(10)15)14(16,17)18/h5-7H,2-4,8-9H2,1H3,(H,19,20). The lowest BCUT2D eigenvalue weighted by atomic mass is 10.1. The van der Waals surface area contributed by atoms with E-state index in [-0.39, 0.29) is 6.54 Å². The predicted molar refractivity (Wildman–Crippen MR) is 69.5 cm³/mol. The first-order chi connectivity index (χ1) is 9.88. The number of carbonyl (C=O) groups excluding carboxylic acids is 1. The second kappa shape index (κ2) is 7.97. The minimum atomic E-state index is -4.82. The molecule has 0 aliphatic heterocycles. The van der Waals surface area contributed by atoms with Gasteiger partial charge in [0.15, 0.2) is 0 Å². The summed E-state index contributed by atoms with van der Waals surface area (Å²) < 4.78 is 56.2. The highest BCUT2D eigenvalue weighted by Gasteiger charge is 2.35. The number of rotatable bonds is 7. The summed E-state index contributed by atoms with van der Waals surface area (Å²) in [5.41, 5.74) is -2.03. The molecule has 3 nitrogen and oxygen atoms in total. The molecule has 0 aromatic heterocycles. The molecule has 1 aromatic carbocycles. The summed E-state index contributed by atoms with van der Waals surface area (Å²) in [6.07, 6.45) is -2.54. The Morgan fingerprint density at radius 2 is 1.95 bits per heavy atom. The van der Waals surface area contributed by atoms with Gasteiger partial charge in [0.05, 0.1) is 11.1 Å². The molecule has 0 spiro atoms. The molecule has 21 heavy (non-hydrogen) atoms. The molecule has 118 valence electrons. The molecule has 0 fully saturated rings. The minimum absolute atomic E-state index is 0.276. The zero-order valence-corrected chi connectivity index (χ0v) is 11.6. The second-order valence-electron chi connectivity index (χ2n) is 4.47. The summed E-state index contributed by atoms with van der Waals surface area (Å²) in [6.45, 7) is 0.883. The summed E-state index contributed by atoms with van der Waals surface area (Å²) in [6, 6.07) is 2.65. The number of hydrogen-bond acceptors (Lipinski definition) is 2. The number of carbonyl (C=O) groups is 1. The molecule has 0 aliphatic rings. The zero-order chi connectivity index (χ0) is 15.9. The van der Waals surface area contributed by atoms with Gasteiger partial charge in [-0.05, 0) is 31.4 Å². The van der Waals surface area contributed by atoms with E-state index in [1.165, 1.54) is 0 Å². The molecular formula is C14H17F4NO2. The number of hydrogen-bond donors (Lipinski definition) is 1. The minimum Gasteiger partial charge on any atom is -0.385 e. The molecule has 0 saturated heterocycles. The van der Waals surface area contributed by atoms with Crippen LogP contribution in [0.4, 0.5) is 17.6 Å². The molecule has 1 aromatic rings. The molecule has 1 rings (SSSR count). The Labute approximate surface area is 120 Å². The number of unbranched alkanes of at least 4 members (excludes halogenated alkanes) is 2. The van der Waals surface area contributed by atoms with Gasteiger partial charge in [-0.15, -0.1) is 0 Å². The number of ether oxygens (including phenoxy) is 1. The van der Waals surface area contributed by atoms with E-state index in [4.69, 9.17) is 4.74 Å². The van der Waals surface area contributed by atoms with E-state index in [0.717, 1.165) is 25.0 Å². The van der Waals surface area contributed by atoms with Gasteiger partial charge >= 0.3 is 6.18 Å². The van der Waals surface area contributed by atoms with E-state index in [9.17, 15) is 22.4 Å². The third-order valence-electron chi connectivity index (χ3n) is 2.86. The lowest BCUT2D eigenvalue weighted by Crippen LogP contribution is -2.26. The van der Waals surface area contributed by atoms with Crippen LogP contribution in [-0.2, 0) is 10.9 Å². The molecule has 0 heterocycles. The van der Waals surface area contributed by atoms with Crippen LogP contribution in [0, 0.1) is 5.82 Å². The van der Waals surface area contributed by atoms with Crippen LogP contribution in [-0.4, -0.2) is 26.2 Å². The Balaban J connectivity index is 2.59. The maximum atomic E-state index is 13.7. The van der Waals surface area contributed by atoms with E-state index in [2.05, 4.69) is 5.32 Å². The first-order valence-corrected chi connectivity index (χ1v) is 6.50. The average molecular weight is 307 g/mol. The molecule has 0 aliphatic carbocycles. The fourth-order valence-corrected chi connectivity index (χ4v) is 1.77. The van der Waals surface area contributed by atoms with Crippen molar-refractivity contribution in [3.63, 3.8) is 0 Å². The van der Waals surface area contributed by atoms with Gasteiger partial charge < -0.3 is 10.1 Å². The highest BCUT2D eigenvalue weighted by molar-refractivity contribution is 5.94. The summed E-state index contributed by atoms with van der Waals surface area (Å²) >= 11 is 0. The largest absolute Gasteiger partial charge is 0.419 e. The van der Waals surface area contributed by atoms with Crippen LogP contribution >= 0.6 is 0 Å². The van der Waals surface area contributed by atoms with Crippen LogP contribution in [0.2, 0.25) is 0 Å². The highest BCUT2D eigenvalue weighted by atomic mass is 19.4. The second-order valence-corrected chi connectivity index (χ2v) is 4.47. The van der Waals surface area contributed by atoms with Crippen molar-refractivity contribution in [1.82, 2.24) is 5.32 Å². The first-order valence-electron chi connectivity index (χ1n) is 6.50. The lowest BCUT2D eigenvalue weighted by molar-refractivity contribution is -0.140. The number of amides is 1. The fraction of sp³-hybridized carbons (Fsp3) is 0.500. The zero-order valence-electron chi connectivity index (χ0n) is 11.6. The van der Waals surface area contributed by atoms with Gasteiger partial charge in [0.1, 0.15) is 5.82 Å². The normalized spacial score (nSPS) is 11.5. The summed E-state index contributed by atoms with van der Waals surface area (Å²) in [4.78, 5) is 11.7. The third-order valence-corrected chi connectivity index (χ3v) is 2.86. The Hall–Kier alpha value is -1.63. The van der Waals surface area contributed by atoms with Crippen LogP contribution in [0.3, 0.4) is 0 Å².